The van der Waals surface area contributed by atoms with Crippen molar-refractivity contribution in [3.05, 3.63) is 76.7 Å². The molecule has 2 unspecified atom stereocenters. The predicted molar refractivity (Wildman–Crippen MR) is 98.2 cm³/mol. The van der Waals surface area contributed by atoms with Gasteiger partial charge in [-0.25, -0.2) is 9.67 Å². The average Bonchev–Trinajstić information content (AvgIpc) is 3.24. The molecule has 0 bridgehead atoms. The molecule has 25 heavy (non-hydrogen) atoms. The molecule has 1 aromatic carbocycles. The van der Waals surface area contributed by atoms with E-state index in [9.17, 15) is 4.79 Å². The number of rotatable bonds is 5. The second kappa shape index (κ2) is 6.80. The van der Waals surface area contributed by atoms with Gasteiger partial charge in [-0.2, -0.15) is 5.10 Å². The molecular formula is C19H17BrN4O. The van der Waals surface area contributed by atoms with Gasteiger partial charge in [-0.3, -0.25) is 4.79 Å². The lowest BCUT2D eigenvalue weighted by molar-refractivity contribution is -0.122. The maximum absolute atomic E-state index is 12.4. The van der Waals surface area contributed by atoms with Gasteiger partial charge in [-0.05, 0) is 53.8 Å². The molecule has 1 saturated carbocycles. The zero-order valence-corrected chi connectivity index (χ0v) is 15.1. The van der Waals surface area contributed by atoms with Gasteiger partial charge in [-0.1, -0.05) is 28.1 Å². The highest BCUT2D eigenvalue weighted by molar-refractivity contribution is 9.10. The molecule has 0 saturated heterocycles. The van der Waals surface area contributed by atoms with Crippen molar-refractivity contribution in [3.8, 4) is 5.82 Å². The Morgan fingerprint density at radius 3 is 2.84 bits per heavy atom. The fourth-order valence-corrected chi connectivity index (χ4v) is 3.25. The summed E-state index contributed by atoms with van der Waals surface area (Å²) >= 11 is 3.44. The maximum atomic E-state index is 12.4. The van der Waals surface area contributed by atoms with Crippen LogP contribution in [0.5, 0.6) is 0 Å². The number of halogens is 1. The van der Waals surface area contributed by atoms with Crippen LogP contribution in [-0.2, 0) is 11.3 Å². The Morgan fingerprint density at radius 1 is 1.24 bits per heavy atom. The summed E-state index contributed by atoms with van der Waals surface area (Å²) in [6.45, 7) is 0.499. The van der Waals surface area contributed by atoms with Crippen molar-refractivity contribution in [3.63, 3.8) is 0 Å². The molecular weight excluding hydrogens is 380 g/mol. The maximum Gasteiger partial charge on any atom is 0.224 e. The molecule has 0 radical (unpaired) electrons. The number of hydrogen-bond donors (Lipinski definition) is 1. The van der Waals surface area contributed by atoms with Crippen LogP contribution >= 0.6 is 15.9 Å². The number of pyridine rings is 1. The molecule has 0 spiro atoms. The predicted octanol–water partition coefficient (Wildman–Crippen LogP) is 3.45. The van der Waals surface area contributed by atoms with Crippen molar-refractivity contribution in [2.75, 3.05) is 0 Å². The molecule has 2 atom stereocenters. The third kappa shape index (κ3) is 3.64. The number of benzene rings is 1. The Balaban J connectivity index is 1.35. The molecule has 4 rings (SSSR count). The summed E-state index contributed by atoms with van der Waals surface area (Å²) in [5.74, 6) is 1.28. The van der Waals surface area contributed by atoms with Crippen LogP contribution in [0.4, 0.5) is 0 Å². The van der Waals surface area contributed by atoms with E-state index < -0.39 is 0 Å². The van der Waals surface area contributed by atoms with Crippen LogP contribution in [-0.4, -0.2) is 20.7 Å². The summed E-state index contributed by atoms with van der Waals surface area (Å²) < 4.78 is 2.76. The highest BCUT2D eigenvalue weighted by Gasteiger charge is 2.43. The topological polar surface area (TPSA) is 59.8 Å². The Morgan fingerprint density at radius 2 is 2.08 bits per heavy atom. The Kier molecular flexibility index (Phi) is 4.36. The minimum Gasteiger partial charge on any atom is -0.352 e. The molecule has 3 aromatic rings. The van der Waals surface area contributed by atoms with E-state index in [0.717, 1.165) is 22.3 Å². The number of carbonyl (C=O) groups excluding carboxylic acids is 1. The largest absolute Gasteiger partial charge is 0.352 e. The number of hydrogen-bond acceptors (Lipinski definition) is 3. The van der Waals surface area contributed by atoms with Gasteiger partial charge in [-0.15, -0.1) is 0 Å². The van der Waals surface area contributed by atoms with Crippen molar-refractivity contribution in [1.29, 1.82) is 0 Å². The SMILES string of the molecule is O=C(NCc1ccnc(-n2cccn2)c1)C1CC1c1ccc(Br)cc1. The summed E-state index contributed by atoms with van der Waals surface area (Å²) in [6.07, 6.45) is 6.21. The first kappa shape index (κ1) is 16.0. The van der Waals surface area contributed by atoms with Gasteiger partial charge >= 0.3 is 0 Å². The van der Waals surface area contributed by atoms with Gasteiger partial charge in [0.05, 0.1) is 0 Å². The van der Waals surface area contributed by atoms with Gasteiger partial charge in [0.2, 0.25) is 5.91 Å². The fraction of sp³-hybridized carbons (Fsp3) is 0.211. The fourth-order valence-electron chi connectivity index (χ4n) is 2.98. The molecule has 1 aliphatic carbocycles. The molecule has 1 N–H and O–H groups in total. The monoisotopic (exact) mass is 396 g/mol. The molecule has 1 amide bonds. The second-order valence-corrected chi connectivity index (χ2v) is 7.11. The molecule has 0 aliphatic heterocycles. The van der Waals surface area contributed by atoms with Crippen molar-refractivity contribution in [2.45, 2.75) is 18.9 Å². The summed E-state index contributed by atoms with van der Waals surface area (Å²) in [7, 11) is 0. The van der Waals surface area contributed by atoms with Crippen LogP contribution in [0.2, 0.25) is 0 Å². The highest BCUT2D eigenvalue weighted by atomic mass is 79.9. The van der Waals surface area contributed by atoms with E-state index >= 15 is 0 Å². The molecule has 6 heteroatoms. The quantitative estimate of drug-likeness (QED) is 0.718. The zero-order valence-electron chi connectivity index (χ0n) is 13.5. The second-order valence-electron chi connectivity index (χ2n) is 6.19. The Bertz CT molecular complexity index is 877. The van der Waals surface area contributed by atoms with E-state index in [1.165, 1.54) is 5.56 Å². The molecule has 1 aliphatic rings. The first-order chi connectivity index (χ1) is 12.2. The average molecular weight is 397 g/mol. The highest BCUT2D eigenvalue weighted by Crippen LogP contribution is 2.47. The standard InChI is InChI=1S/C19H17BrN4O/c20-15-4-2-14(3-5-15)16-11-17(16)19(25)22-12-13-6-8-21-18(10-13)24-9-1-7-23-24/h1-10,16-17H,11-12H2,(H,22,25). The van der Waals surface area contributed by atoms with Gasteiger partial charge in [0.15, 0.2) is 5.82 Å². The lowest BCUT2D eigenvalue weighted by Gasteiger charge is -2.07. The summed E-state index contributed by atoms with van der Waals surface area (Å²) in [5.41, 5.74) is 2.24. The lowest BCUT2D eigenvalue weighted by atomic mass is 10.1. The van der Waals surface area contributed by atoms with E-state index in [1.54, 1.807) is 17.1 Å². The number of nitrogens with zero attached hydrogens (tertiary/aromatic N) is 3. The third-order valence-electron chi connectivity index (χ3n) is 4.44. The van der Waals surface area contributed by atoms with E-state index in [0.29, 0.717) is 12.5 Å². The molecule has 1 fully saturated rings. The minimum absolute atomic E-state index is 0.0774. The van der Waals surface area contributed by atoms with Crippen LogP contribution in [0, 0.1) is 5.92 Å². The van der Waals surface area contributed by atoms with Crippen LogP contribution in [0.15, 0.2) is 65.5 Å². The molecule has 2 heterocycles. The first-order valence-corrected chi connectivity index (χ1v) is 8.98. The van der Waals surface area contributed by atoms with Gasteiger partial charge < -0.3 is 5.32 Å². The summed E-state index contributed by atoms with van der Waals surface area (Å²) in [4.78, 5) is 16.7. The third-order valence-corrected chi connectivity index (χ3v) is 4.97. The van der Waals surface area contributed by atoms with E-state index in [2.05, 4.69) is 43.5 Å². The smallest absolute Gasteiger partial charge is 0.224 e. The normalized spacial score (nSPS) is 18.8. The van der Waals surface area contributed by atoms with Gasteiger partial charge in [0.1, 0.15) is 0 Å². The van der Waals surface area contributed by atoms with Gasteiger partial charge in [0, 0.05) is 35.5 Å². The van der Waals surface area contributed by atoms with E-state index in [4.69, 9.17) is 0 Å². The number of carbonyl (C=O) groups is 1. The molecule has 2 aromatic heterocycles. The van der Waals surface area contributed by atoms with Crippen LogP contribution in [0.1, 0.15) is 23.5 Å². The lowest BCUT2D eigenvalue weighted by Crippen LogP contribution is -2.25. The number of nitrogens with one attached hydrogen (secondary N) is 1. The summed E-state index contributed by atoms with van der Waals surface area (Å²) in [5, 5.41) is 7.21. The van der Waals surface area contributed by atoms with Crippen molar-refractivity contribution < 1.29 is 4.79 Å². The Hall–Kier alpha value is -2.47. The van der Waals surface area contributed by atoms with Crippen molar-refractivity contribution >= 4 is 21.8 Å². The zero-order chi connectivity index (χ0) is 17.2. The number of amides is 1. The number of aromatic nitrogens is 3. The van der Waals surface area contributed by atoms with Crippen LogP contribution < -0.4 is 5.32 Å². The van der Waals surface area contributed by atoms with Crippen molar-refractivity contribution in [2.24, 2.45) is 5.92 Å². The summed E-state index contributed by atoms with van der Waals surface area (Å²) in [6, 6.07) is 13.9. The van der Waals surface area contributed by atoms with Gasteiger partial charge in [0.25, 0.3) is 0 Å². The first-order valence-electron chi connectivity index (χ1n) is 8.19. The van der Waals surface area contributed by atoms with E-state index in [-0.39, 0.29) is 11.8 Å². The molecule has 126 valence electrons. The van der Waals surface area contributed by atoms with Crippen molar-refractivity contribution in [1.82, 2.24) is 20.1 Å². The van der Waals surface area contributed by atoms with Crippen LogP contribution in [0.3, 0.4) is 0 Å². The Labute approximate surface area is 154 Å². The van der Waals surface area contributed by atoms with E-state index in [1.807, 2.05) is 36.5 Å². The van der Waals surface area contributed by atoms with Crippen LogP contribution in [0.25, 0.3) is 5.82 Å². The minimum atomic E-state index is 0.0774. The molecule has 5 nitrogen and oxygen atoms in total.